The van der Waals surface area contributed by atoms with Crippen LogP contribution in [-0.2, 0) is 7.05 Å². The summed E-state index contributed by atoms with van der Waals surface area (Å²) in [7, 11) is 1.89. The second-order valence-electron chi connectivity index (χ2n) is 7.25. The number of likely N-dealkylation sites (tertiary alicyclic amines) is 1. The summed E-state index contributed by atoms with van der Waals surface area (Å²) in [5.41, 5.74) is 2.76. The molecular weight excluding hydrogens is 376 g/mol. The van der Waals surface area contributed by atoms with Crippen LogP contribution in [0.2, 0.25) is 5.02 Å². The molecule has 1 saturated heterocycles. The third-order valence-electron chi connectivity index (χ3n) is 5.33. The molecule has 6 nitrogen and oxygen atoms in total. The zero-order valence-electron chi connectivity index (χ0n) is 16.1. The molecule has 0 radical (unpaired) electrons. The summed E-state index contributed by atoms with van der Waals surface area (Å²) in [5, 5.41) is 9.01. The van der Waals surface area contributed by atoms with Gasteiger partial charge in [-0.2, -0.15) is 5.10 Å². The third kappa shape index (κ3) is 3.44. The Labute approximate surface area is 169 Å². The minimum atomic E-state index is -0.0653. The molecule has 0 saturated carbocycles. The number of hydrogen-bond acceptors (Lipinski definition) is 4. The Morgan fingerprint density at radius 1 is 1.25 bits per heavy atom. The molecule has 3 aromatic rings. The normalized spacial score (nSPS) is 17.5. The molecule has 28 heavy (non-hydrogen) atoms. The maximum Gasteiger partial charge on any atom is 0.260 e. The van der Waals surface area contributed by atoms with Crippen LogP contribution in [0, 0.1) is 6.92 Å². The first-order valence-corrected chi connectivity index (χ1v) is 9.94. The van der Waals surface area contributed by atoms with Gasteiger partial charge in [0.1, 0.15) is 17.0 Å². The average molecular weight is 399 g/mol. The summed E-state index contributed by atoms with van der Waals surface area (Å²) in [4.78, 5) is 15.6. The maximum absolute atomic E-state index is 13.7. The second kappa shape index (κ2) is 7.80. The van der Waals surface area contributed by atoms with Crippen molar-refractivity contribution in [2.75, 3.05) is 6.54 Å². The molecule has 1 aliphatic heterocycles. The highest BCUT2D eigenvalue weighted by Gasteiger charge is 2.33. The summed E-state index contributed by atoms with van der Waals surface area (Å²) >= 11 is 6.37. The van der Waals surface area contributed by atoms with E-state index in [1.807, 2.05) is 42.5 Å². The van der Waals surface area contributed by atoms with E-state index in [1.165, 1.54) is 0 Å². The van der Waals surface area contributed by atoms with Crippen molar-refractivity contribution in [2.24, 2.45) is 7.05 Å². The van der Waals surface area contributed by atoms with Crippen LogP contribution in [-0.4, -0.2) is 32.3 Å². The van der Waals surface area contributed by atoms with Gasteiger partial charge in [-0.1, -0.05) is 47.8 Å². The van der Waals surface area contributed by atoms with E-state index in [4.69, 9.17) is 16.1 Å². The summed E-state index contributed by atoms with van der Waals surface area (Å²) in [5.74, 6) is 0.443. The minimum absolute atomic E-state index is 0.00269. The topological polar surface area (TPSA) is 64.2 Å². The van der Waals surface area contributed by atoms with Gasteiger partial charge in [0.25, 0.3) is 5.91 Å². The number of benzene rings is 1. The van der Waals surface area contributed by atoms with E-state index in [-0.39, 0.29) is 11.9 Å². The lowest BCUT2D eigenvalue weighted by Crippen LogP contribution is -2.35. The third-order valence-corrected chi connectivity index (χ3v) is 5.66. The molecule has 4 rings (SSSR count). The largest absolute Gasteiger partial charge is 0.360 e. The highest BCUT2D eigenvalue weighted by molar-refractivity contribution is 6.33. The molecule has 2 aromatic heterocycles. The first-order chi connectivity index (χ1) is 13.6. The number of hydrogen-bond donors (Lipinski definition) is 0. The molecule has 0 aliphatic carbocycles. The fraction of sp³-hybridized carbons (Fsp3) is 0.381. The molecule has 1 aliphatic rings. The Kier molecular flexibility index (Phi) is 5.22. The lowest BCUT2D eigenvalue weighted by Gasteiger charge is -2.29. The molecule has 0 unspecified atom stereocenters. The SMILES string of the molecule is Cc1onc(-c2ccccc2Cl)c1C(=O)N1CCCCC[C@@H]1c1cnn(C)c1. The molecule has 146 valence electrons. The van der Waals surface area contributed by atoms with Crippen LogP contribution < -0.4 is 0 Å². The maximum atomic E-state index is 13.7. The van der Waals surface area contributed by atoms with Gasteiger partial charge in [-0.05, 0) is 25.8 Å². The fourth-order valence-electron chi connectivity index (χ4n) is 3.91. The van der Waals surface area contributed by atoms with Crippen LogP contribution in [0.25, 0.3) is 11.3 Å². The molecule has 0 N–H and O–H groups in total. The summed E-state index contributed by atoms with van der Waals surface area (Å²) in [6.45, 7) is 2.47. The van der Waals surface area contributed by atoms with Crippen LogP contribution in [0.15, 0.2) is 41.2 Å². The Morgan fingerprint density at radius 2 is 2.07 bits per heavy atom. The zero-order valence-corrected chi connectivity index (χ0v) is 16.8. The molecule has 3 heterocycles. The van der Waals surface area contributed by atoms with Crippen LogP contribution in [0.5, 0.6) is 0 Å². The molecule has 1 fully saturated rings. The quantitative estimate of drug-likeness (QED) is 0.636. The van der Waals surface area contributed by atoms with Gasteiger partial charge in [-0.25, -0.2) is 0 Å². The van der Waals surface area contributed by atoms with Crippen molar-refractivity contribution in [1.29, 1.82) is 0 Å². The Morgan fingerprint density at radius 3 is 2.82 bits per heavy atom. The molecule has 1 amide bonds. The standard InChI is InChI=1S/C21H23ClN4O2/c1-14-19(20(24-28-14)16-8-5-6-9-17(16)22)21(27)26-11-7-3-4-10-18(26)15-12-23-25(2)13-15/h5-6,8-9,12-13,18H,3-4,7,10-11H2,1-2H3/t18-/m1/s1. The van der Waals surface area contributed by atoms with Gasteiger partial charge < -0.3 is 9.42 Å². The fourth-order valence-corrected chi connectivity index (χ4v) is 4.14. The molecule has 7 heteroatoms. The van der Waals surface area contributed by atoms with Gasteiger partial charge in [0.15, 0.2) is 0 Å². The highest BCUT2D eigenvalue weighted by atomic mass is 35.5. The van der Waals surface area contributed by atoms with Crippen molar-refractivity contribution < 1.29 is 9.32 Å². The van der Waals surface area contributed by atoms with E-state index in [0.717, 1.165) is 31.2 Å². The molecule has 0 bridgehead atoms. The van der Waals surface area contributed by atoms with Gasteiger partial charge in [0.2, 0.25) is 0 Å². The number of aromatic nitrogens is 3. The number of carbonyl (C=O) groups excluding carboxylic acids is 1. The Hall–Kier alpha value is -2.60. The minimum Gasteiger partial charge on any atom is -0.360 e. The number of nitrogens with zero attached hydrogens (tertiary/aromatic N) is 4. The summed E-state index contributed by atoms with van der Waals surface area (Å²) in [6.07, 6.45) is 7.94. The van der Waals surface area contributed by atoms with Crippen molar-refractivity contribution in [3.05, 3.63) is 58.6 Å². The lowest BCUT2D eigenvalue weighted by atomic mass is 10.0. The predicted octanol–water partition coefficient (Wildman–Crippen LogP) is 4.79. The number of rotatable bonds is 3. The van der Waals surface area contributed by atoms with Gasteiger partial charge in [-0.15, -0.1) is 0 Å². The van der Waals surface area contributed by atoms with Crippen LogP contribution in [0.1, 0.15) is 53.4 Å². The first-order valence-electron chi connectivity index (χ1n) is 9.57. The smallest absolute Gasteiger partial charge is 0.260 e. The van der Waals surface area contributed by atoms with Crippen LogP contribution in [0.3, 0.4) is 0 Å². The van der Waals surface area contributed by atoms with E-state index in [1.54, 1.807) is 17.7 Å². The van der Waals surface area contributed by atoms with E-state index in [2.05, 4.69) is 10.3 Å². The van der Waals surface area contributed by atoms with Crippen molar-refractivity contribution in [2.45, 2.75) is 38.6 Å². The van der Waals surface area contributed by atoms with Crippen molar-refractivity contribution >= 4 is 17.5 Å². The van der Waals surface area contributed by atoms with Gasteiger partial charge in [0.05, 0.1) is 17.3 Å². The second-order valence-corrected chi connectivity index (χ2v) is 7.66. The summed E-state index contributed by atoms with van der Waals surface area (Å²) < 4.78 is 7.20. The van der Waals surface area contributed by atoms with Crippen molar-refractivity contribution in [3.8, 4) is 11.3 Å². The van der Waals surface area contributed by atoms with E-state index < -0.39 is 0 Å². The van der Waals surface area contributed by atoms with Gasteiger partial charge >= 0.3 is 0 Å². The van der Waals surface area contributed by atoms with Gasteiger partial charge in [-0.3, -0.25) is 9.48 Å². The first kappa shape index (κ1) is 18.7. The summed E-state index contributed by atoms with van der Waals surface area (Å²) in [6, 6.07) is 7.38. The lowest BCUT2D eigenvalue weighted by molar-refractivity contribution is 0.0679. The predicted molar refractivity (Wildman–Crippen MR) is 107 cm³/mol. The highest BCUT2D eigenvalue weighted by Crippen LogP contribution is 2.36. The number of aryl methyl sites for hydroxylation is 2. The molecular formula is C21H23ClN4O2. The van der Waals surface area contributed by atoms with Crippen molar-refractivity contribution in [3.63, 3.8) is 0 Å². The Balaban J connectivity index is 1.75. The Bertz CT molecular complexity index is 994. The van der Waals surface area contributed by atoms with Crippen molar-refractivity contribution in [1.82, 2.24) is 19.8 Å². The monoisotopic (exact) mass is 398 g/mol. The van der Waals surface area contributed by atoms with Crippen LogP contribution >= 0.6 is 11.6 Å². The van der Waals surface area contributed by atoms with E-state index in [0.29, 0.717) is 34.1 Å². The molecule has 0 spiro atoms. The average Bonchev–Trinajstić information content (AvgIpc) is 3.19. The van der Waals surface area contributed by atoms with E-state index in [9.17, 15) is 4.79 Å². The van der Waals surface area contributed by atoms with Gasteiger partial charge in [0, 0.05) is 30.9 Å². The number of amides is 1. The number of carbonyl (C=O) groups is 1. The van der Waals surface area contributed by atoms with Crippen LogP contribution in [0.4, 0.5) is 0 Å². The van der Waals surface area contributed by atoms with E-state index >= 15 is 0 Å². The zero-order chi connectivity index (χ0) is 19.7. The molecule has 1 atom stereocenters. The number of halogens is 1. The molecule has 1 aromatic carbocycles.